The fraction of sp³-hybridized carbons (Fsp3) is 0.462. The summed E-state index contributed by atoms with van der Waals surface area (Å²) < 4.78 is 26.8. The summed E-state index contributed by atoms with van der Waals surface area (Å²) in [6, 6.07) is 5.93. The Bertz CT molecular complexity index is 563. The third-order valence-electron chi connectivity index (χ3n) is 3.06. The number of thioether (sulfide) groups is 1. The summed E-state index contributed by atoms with van der Waals surface area (Å²) in [6.45, 7) is 0. The van der Waals surface area contributed by atoms with E-state index in [-0.39, 0.29) is 17.4 Å². The molecule has 1 saturated heterocycles. The van der Waals surface area contributed by atoms with Crippen molar-refractivity contribution in [2.75, 3.05) is 11.5 Å². The van der Waals surface area contributed by atoms with Crippen LogP contribution in [0.2, 0.25) is 0 Å². The molecule has 0 saturated carbocycles. The maximum Gasteiger partial charge on any atom is 0.335 e. The summed E-state index contributed by atoms with van der Waals surface area (Å²) in [7, 11) is -3.38. The van der Waals surface area contributed by atoms with Gasteiger partial charge in [-0.1, -0.05) is 12.1 Å². The van der Waals surface area contributed by atoms with E-state index in [1.165, 1.54) is 24.3 Å². The number of aromatic carboxylic acids is 1. The van der Waals surface area contributed by atoms with Crippen molar-refractivity contribution in [2.45, 2.75) is 24.6 Å². The lowest BCUT2D eigenvalue weighted by molar-refractivity contribution is 0.0697. The first kappa shape index (κ1) is 15.3. The van der Waals surface area contributed by atoms with E-state index in [0.717, 1.165) is 24.3 Å². The summed E-state index contributed by atoms with van der Waals surface area (Å²) in [5, 5.41) is 8.79. The average Bonchev–Trinajstić information content (AvgIpc) is 2.39. The van der Waals surface area contributed by atoms with Gasteiger partial charge in [0.2, 0.25) is 10.0 Å². The molecule has 110 valence electrons. The van der Waals surface area contributed by atoms with Gasteiger partial charge in [0.05, 0.1) is 11.3 Å². The van der Waals surface area contributed by atoms with Gasteiger partial charge in [0, 0.05) is 11.8 Å². The third-order valence-corrected chi connectivity index (χ3v) is 5.69. The lowest BCUT2D eigenvalue weighted by Gasteiger charge is -2.22. The molecule has 0 bridgehead atoms. The van der Waals surface area contributed by atoms with E-state index in [2.05, 4.69) is 4.72 Å². The molecular weight excluding hydrogens is 298 g/mol. The molecular formula is C13H17NO4S2. The molecule has 0 radical (unpaired) electrons. The van der Waals surface area contributed by atoms with Crippen LogP contribution in [-0.4, -0.2) is 37.0 Å². The first-order valence-electron chi connectivity index (χ1n) is 6.36. The molecule has 2 N–H and O–H groups in total. The van der Waals surface area contributed by atoms with Gasteiger partial charge < -0.3 is 5.11 Å². The minimum Gasteiger partial charge on any atom is -0.478 e. The quantitative estimate of drug-likeness (QED) is 0.864. The van der Waals surface area contributed by atoms with Crippen molar-refractivity contribution in [1.82, 2.24) is 4.72 Å². The van der Waals surface area contributed by atoms with Crippen LogP contribution in [0, 0.1) is 0 Å². The molecule has 1 atom stereocenters. The number of hydrogen-bond donors (Lipinski definition) is 2. The van der Waals surface area contributed by atoms with Crippen molar-refractivity contribution >= 4 is 27.8 Å². The molecule has 1 aliphatic heterocycles. The van der Waals surface area contributed by atoms with E-state index in [1.54, 1.807) is 11.8 Å². The van der Waals surface area contributed by atoms with Crippen LogP contribution >= 0.6 is 11.8 Å². The van der Waals surface area contributed by atoms with Gasteiger partial charge >= 0.3 is 5.97 Å². The fourth-order valence-corrected chi connectivity index (χ4v) is 4.69. The van der Waals surface area contributed by atoms with Crippen molar-refractivity contribution in [3.63, 3.8) is 0 Å². The number of carboxylic acid groups (broad SMARTS) is 1. The van der Waals surface area contributed by atoms with Gasteiger partial charge in [-0.05, 0) is 36.3 Å². The van der Waals surface area contributed by atoms with Crippen LogP contribution < -0.4 is 4.72 Å². The standard InChI is InChI=1S/C13H17NO4S2/c15-13(16)11-5-3-10(4-6-11)9-20(17,18)14-12-2-1-7-19-8-12/h3-6,12,14H,1-2,7-9H2,(H,15,16). The van der Waals surface area contributed by atoms with Gasteiger partial charge in [0.15, 0.2) is 0 Å². The van der Waals surface area contributed by atoms with E-state index in [4.69, 9.17) is 5.11 Å². The van der Waals surface area contributed by atoms with Gasteiger partial charge in [-0.25, -0.2) is 17.9 Å². The molecule has 0 spiro atoms. The second-order valence-corrected chi connectivity index (χ2v) is 7.70. The molecule has 5 nitrogen and oxygen atoms in total. The highest BCUT2D eigenvalue weighted by Crippen LogP contribution is 2.18. The number of rotatable bonds is 5. The second-order valence-electron chi connectivity index (χ2n) is 4.79. The molecule has 2 rings (SSSR count). The van der Waals surface area contributed by atoms with Crippen LogP contribution in [0.25, 0.3) is 0 Å². The molecule has 1 unspecified atom stereocenters. The van der Waals surface area contributed by atoms with E-state index in [9.17, 15) is 13.2 Å². The van der Waals surface area contributed by atoms with Crippen molar-refractivity contribution < 1.29 is 18.3 Å². The Morgan fingerprint density at radius 3 is 2.60 bits per heavy atom. The van der Waals surface area contributed by atoms with Gasteiger partial charge in [0.25, 0.3) is 0 Å². The Kier molecular flexibility index (Phi) is 5.06. The van der Waals surface area contributed by atoms with Crippen LogP contribution in [0.1, 0.15) is 28.8 Å². The zero-order chi connectivity index (χ0) is 14.6. The Morgan fingerprint density at radius 2 is 2.05 bits per heavy atom. The third kappa shape index (κ3) is 4.50. The molecule has 7 heteroatoms. The number of carbonyl (C=O) groups is 1. The van der Waals surface area contributed by atoms with Crippen molar-refractivity contribution in [3.8, 4) is 0 Å². The topological polar surface area (TPSA) is 83.5 Å². The zero-order valence-electron chi connectivity index (χ0n) is 10.9. The van der Waals surface area contributed by atoms with Gasteiger partial charge in [-0.2, -0.15) is 11.8 Å². The average molecular weight is 315 g/mol. The monoisotopic (exact) mass is 315 g/mol. The second kappa shape index (κ2) is 6.60. The maximum absolute atomic E-state index is 12.1. The lowest BCUT2D eigenvalue weighted by Crippen LogP contribution is -2.38. The van der Waals surface area contributed by atoms with Crippen LogP contribution in [0.3, 0.4) is 0 Å². The minimum absolute atomic E-state index is 0.0112. The molecule has 1 heterocycles. The van der Waals surface area contributed by atoms with Crippen LogP contribution in [0.4, 0.5) is 0 Å². The Hall–Kier alpha value is -1.05. The van der Waals surface area contributed by atoms with Crippen molar-refractivity contribution in [1.29, 1.82) is 0 Å². The molecule has 0 aromatic heterocycles. The first-order chi connectivity index (χ1) is 9.46. The number of hydrogen-bond acceptors (Lipinski definition) is 4. The summed E-state index contributed by atoms with van der Waals surface area (Å²) >= 11 is 1.76. The summed E-state index contributed by atoms with van der Waals surface area (Å²) in [5.41, 5.74) is 0.744. The maximum atomic E-state index is 12.1. The smallest absolute Gasteiger partial charge is 0.335 e. The molecule has 1 aromatic carbocycles. The normalized spacial score (nSPS) is 19.7. The molecule has 1 aliphatic rings. The number of sulfonamides is 1. The molecule has 0 aliphatic carbocycles. The molecule has 0 amide bonds. The first-order valence-corrected chi connectivity index (χ1v) is 9.17. The molecule has 20 heavy (non-hydrogen) atoms. The predicted molar refractivity (Wildman–Crippen MR) is 79.5 cm³/mol. The largest absolute Gasteiger partial charge is 0.478 e. The summed E-state index contributed by atoms with van der Waals surface area (Å²) in [4.78, 5) is 10.7. The fourth-order valence-electron chi connectivity index (χ4n) is 2.09. The van der Waals surface area contributed by atoms with E-state index in [1.807, 2.05) is 0 Å². The highest BCUT2D eigenvalue weighted by molar-refractivity contribution is 7.99. The van der Waals surface area contributed by atoms with Crippen LogP contribution in [-0.2, 0) is 15.8 Å². The number of nitrogens with one attached hydrogen (secondary N) is 1. The zero-order valence-corrected chi connectivity index (χ0v) is 12.5. The SMILES string of the molecule is O=C(O)c1ccc(CS(=O)(=O)NC2CCCSC2)cc1. The minimum atomic E-state index is -3.38. The Balaban J connectivity index is 1.98. The van der Waals surface area contributed by atoms with Gasteiger partial charge in [0.1, 0.15) is 0 Å². The number of benzene rings is 1. The Morgan fingerprint density at radius 1 is 1.35 bits per heavy atom. The molecule has 1 aromatic rings. The lowest BCUT2D eigenvalue weighted by atomic mass is 10.1. The van der Waals surface area contributed by atoms with Crippen molar-refractivity contribution in [2.24, 2.45) is 0 Å². The van der Waals surface area contributed by atoms with E-state index < -0.39 is 16.0 Å². The van der Waals surface area contributed by atoms with Crippen molar-refractivity contribution in [3.05, 3.63) is 35.4 Å². The van der Waals surface area contributed by atoms with Crippen LogP contribution in [0.15, 0.2) is 24.3 Å². The summed E-state index contributed by atoms with van der Waals surface area (Å²) in [5.74, 6) is 0.775. The van der Waals surface area contributed by atoms with Gasteiger partial charge in [-0.15, -0.1) is 0 Å². The highest BCUT2D eigenvalue weighted by Gasteiger charge is 2.20. The van der Waals surface area contributed by atoms with E-state index >= 15 is 0 Å². The predicted octanol–water partition coefficient (Wildman–Crippen LogP) is 1.70. The van der Waals surface area contributed by atoms with E-state index in [0.29, 0.717) is 5.56 Å². The van der Waals surface area contributed by atoms with Crippen LogP contribution in [0.5, 0.6) is 0 Å². The Labute approximate surface area is 122 Å². The number of carboxylic acids is 1. The summed E-state index contributed by atoms with van der Waals surface area (Å²) in [6.07, 6.45) is 1.91. The highest BCUT2D eigenvalue weighted by atomic mass is 32.2. The molecule has 1 fully saturated rings. The van der Waals surface area contributed by atoms with Gasteiger partial charge in [-0.3, -0.25) is 0 Å².